The van der Waals surface area contributed by atoms with Gasteiger partial charge in [0.15, 0.2) is 5.82 Å². The summed E-state index contributed by atoms with van der Waals surface area (Å²) in [5.74, 6) is 2.64. The minimum Gasteiger partial charge on any atom is -0.398 e. The van der Waals surface area contributed by atoms with Crippen molar-refractivity contribution in [2.75, 3.05) is 5.73 Å². The summed E-state index contributed by atoms with van der Waals surface area (Å²) in [5.41, 5.74) is 7.51. The van der Waals surface area contributed by atoms with Gasteiger partial charge in [0.25, 0.3) is 5.89 Å². The van der Waals surface area contributed by atoms with Crippen LogP contribution in [-0.2, 0) is 0 Å². The monoisotopic (exact) mass is 383 g/mol. The number of aromatic nitrogens is 2. The number of hydrogen-bond donors (Lipinski definition) is 1. The lowest BCUT2D eigenvalue weighted by molar-refractivity contribution is 0.414. The van der Waals surface area contributed by atoms with Crippen molar-refractivity contribution in [1.29, 1.82) is 0 Å². The van der Waals surface area contributed by atoms with Gasteiger partial charge in [-0.25, -0.2) is 0 Å². The van der Waals surface area contributed by atoms with Gasteiger partial charge in [-0.05, 0) is 66.0 Å². The molecule has 2 aromatic rings. The predicted octanol–water partition coefficient (Wildman–Crippen LogP) is 4.22. The largest absolute Gasteiger partial charge is 0.398 e. The van der Waals surface area contributed by atoms with Crippen molar-refractivity contribution in [3.8, 4) is 11.5 Å². The molecule has 106 valence electrons. The number of nitrogens with zero attached hydrogens (tertiary/aromatic N) is 2. The zero-order chi connectivity index (χ0) is 14.1. The van der Waals surface area contributed by atoms with Gasteiger partial charge < -0.3 is 10.3 Å². The van der Waals surface area contributed by atoms with Crippen molar-refractivity contribution in [3.05, 3.63) is 27.6 Å². The Morgan fingerprint density at radius 3 is 3.00 bits per heavy atom. The van der Waals surface area contributed by atoms with Gasteiger partial charge in [-0.3, -0.25) is 0 Å². The highest BCUT2D eigenvalue weighted by atomic mass is 127. The lowest BCUT2D eigenvalue weighted by atomic mass is 10.0. The molecule has 1 fully saturated rings. The highest BCUT2D eigenvalue weighted by Gasteiger charge is 2.28. The standard InChI is InChI=1S/C15H18IN3O/c1-2-9-3-4-10(7-9)14-18-15(20-19-14)12-8-11(16)5-6-13(12)17/h5-6,8-10H,2-4,7,17H2,1H3. The van der Waals surface area contributed by atoms with Gasteiger partial charge in [-0.1, -0.05) is 18.5 Å². The fourth-order valence-corrected chi connectivity index (χ4v) is 3.40. The maximum atomic E-state index is 6.00. The molecule has 5 heteroatoms. The fourth-order valence-electron chi connectivity index (χ4n) is 2.90. The van der Waals surface area contributed by atoms with E-state index in [4.69, 9.17) is 10.3 Å². The lowest BCUT2D eigenvalue weighted by Crippen LogP contribution is -1.97. The molecule has 0 amide bonds. The van der Waals surface area contributed by atoms with E-state index in [2.05, 4.69) is 39.7 Å². The van der Waals surface area contributed by atoms with Crippen LogP contribution in [0.25, 0.3) is 11.5 Å². The van der Waals surface area contributed by atoms with Crippen molar-refractivity contribution in [2.24, 2.45) is 5.92 Å². The van der Waals surface area contributed by atoms with Gasteiger partial charge in [0.2, 0.25) is 0 Å². The van der Waals surface area contributed by atoms with E-state index in [9.17, 15) is 0 Å². The van der Waals surface area contributed by atoms with Crippen LogP contribution in [-0.4, -0.2) is 10.1 Å². The first-order chi connectivity index (χ1) is 9.67. The topological polar surface area (TPSA) is 64.9 Å². The molecule has 0 bridgehead atoms. The Bertz CT molecular complexity index is 611. The smallest absolute Gasteiger partial charge is 0.260 e. The zero-order valence-electron chi connectivity index (χ0n) is 11.5. The van der Waals surface area contributed by atoms with E-state index in [0.29, 0.717) is 17.5 Å². The summed E-state index contributed by atoms with van der Waals surface area (Å²) >= 11 is 2.26. The maximum absolute atomic E-state index is 6.00. The van der Waals surface area contributed by atoms with Crippen LogP contribution in [0.4, 0.5) is 5.69 Å². The van der Waals surface area contributed by atoms with Gasteiger partial charge in [-0.15, -0.1) is 0 Å². The molecule has 1 aromatic carbocycles. The van der Waals surface area contributed by atoms with Crippen LogP contribution < -0.4 is 5.73 Å². The van der Waals surface area contributed by atoms with Crippen molar-refractivity contribution in [1.82, 2.24) is 10.1 Å². The first-order valence-corrected chi connectivity index (χ1v) is 8.14. The quantitative estimate of drug-likeness (QED) is 0.637. The molecule has 2 unspecified atom stereocenters. The lowest BCUT2D eigenvalue weighted by Gasteiger charge is -2.04. The number of anilines is 1. The van der Waals surface area contributed by atoms with E-state index in [1.807, 2.05) is 18.2 Å². The molecule has 1 aliphatic carbocycles. The van der Waals surface area contributed by atoms with Crippen LogP contribution in [0.2, 0.25) is 0 Å². The van der Waals surface area contributed by atoms with Crippen molar-refractivity contribution in [3.63, 3.8) is 0 Å². The van der Waals surface area contributed by atoms with Gasteiger partial charge in [0, 0.05) is 15.2 Å². The molecule has 0 spiro atoms. The summed E-state index contributed by atoms with van der Waals surface area (Å²) in [4.78, 5) is 4.57. The number of benzene rings is 1. The summed E-state index contributed by atoms with van der Waals surface area (Å²) in [5, 5.41) is 4.17. The molecule has 4 nitrogen and oxygen atoms in total. The Morgan fingerprint density at radius 1 is 1.40 bits per heavy atom. The van der Waals surface area contributed by atoms with E-state index < -0.39 is 0 Å². The van der Waals surface area contributed by atoms with E-state index in [1.54, 1.807) is 0 Å². The molecule has 1 aromatic heterocycles. The van der Waals surface area contributed by atoms with Crippen molar-refractivity contribution < 1.29 is 4.52 Å². The second kappa shape index (κ2) is 5.71. The molecule has 3 rings (SSSR count). The molecule has 0 radical (unpaired) electrons. The highest BCUT2D eigenvalue weighted by Crippen LogP contribution is 2.39. The molecule has 1 aliphatic rings. The number of rotatable bonds is 3. The van der Waals surface area contributed by atoms with Crippen molar-refractivity contribution in [2.45, 2.75) is 38.5 Å². The second-order valence-corrected chi connectivity index (χ2v) is 6.72. The summed E-state index contributed by atoms with van der Waals surface area (Å²) < 4.78 is 6.53. The molecular weight excluding hydrogens is 365 g/mol. The van der Waals surface area contributed by atoms with Gasteiger partial charge in [-0.2, -0.15) is 4.98 Å². The van der Waals surface area contributed by atoms with Gasteiger partial charge in [0.1, 0.15) is 0 Å². The fraction of sp³-hybridized carbons (Fsp3) is 0.467. The van der Waals surface area contributed by atoms with Gasteiger partial charge in [0.05, 0.1) is 5.56 Å². The first-order valence-electron chi connectivity index (χ1n) is 7.06. The molecule has 2 N–H and O–H groups in total. The van der Waals surface area contributed by atoms with Crippen LogP contribution in [0, 0.1) is 9.49 Å². The predicted molar refractivity (Wildman–Crippen MR) is 87.2 cm³/mol. The van der Waals surface area contributed by atoms with Crippen molar-refractivity contribution >= 4 is 28.3 Å². The molecule has 20 heavy (non-hydrogen) atoms. The van der Waals surface area contributed by atoms with Crippen LogP contribution in [0.5, 0.6) is 0 Å². The Labute approximate surface area is 132 Å². The number of nitrogen functional groups attached to an aromatic ring is 1. The zero-order valence-corrected chi connectivity index (χ0v) is 13.6. The Balaban J connectivity index is 1.85. The normalized spacial score (nSPS) is 22.3. The van der Waals surface area contributed by atoms with Crippen LogP contribution in [0.1, 0.15) is 44.3 Å². The average molecular weight is 383 g/mol. The third-order valence-corrected chi connectivity index (χ3v) is 4.84. The first kappa shape index (κ1) is 13.9. The summed E-state index contributed by atoms with van der Waals surface area (Å²) in [6, 6.07) is 5.83. The average Bonchev–Trinajstić information content (AvgIpc) is 3.09. The molecule has 1 heterocycles. The SMILES string of the molecule is CCC1CCC(c2noc(-c3cc(I)ccc3N)n2)C1. The third-order valence-electron chi connectivity index (χ3n) is 4.17. The molecule has 0 saturated heterocycles. The number of halogens is 1. The van der Waals surface area contributed by atoms with E-state index in [-0.39, 0.29) is 0 Å². The van der Waals surface area contributed by atoms with Gasteiger partial charge >= 0.3 is 0 Å². The third kappa shape index (κ3) is 2.68. The molecule has 0 aliphatic heterocycles. The van der Waals surface area contributed by atoms with Crippen LogP contribution in [0.15, 0.2) is 22.7 Å². The minimum atomic E-state index is 0.446. The Morgan fingerprint density at radius 2 is 2.25 bits per heavy atom. The molecular formula is C15H18IN3O. The van der Waals surface area contributed by atoms with E-state index >= 15 is 0 Å². The van der Waals surface area contributed by atoms with Crippen LogP contribution in [0.3, 0.4) is 0 Å². The molecule has 1 saturated carbocycles. The van der Waals surface area contributed by atoms with E-state index in [0.717, 1.165) is 20.9 Å². The molecule has 2 atom stereocenters. The minimum absolute atomic E-state index is 0.446. The summed E-state index contributed by atoms with van der Waals surface area (Å²) in [7, 11) is 0. The second-order valence-electron chi connectivity index (χ2n) is 5.47. The maximum Gasteiger partial charge on any atom is 0.260 e. The summed E-state index contributed by atoms with van der Waals surface area (Å²) in [6.45, 7) is 2.25. The van der Waals surface area contributed by atoms with Crippen LogP contribution >= 0.6 is 22.6 Å². The number of hydrogen-bond acceptors (Lipinski definition) is 4. The summed E-state index contributed by atoms with van der Waals surface area (Å²) in [6.07, 6.45) is 4.86. The Hall–Kier alpha value is -1.11. The number of nitrogens with two attached hydrogens (primary N) is 1. The Kier molecular flexibility index (Phi) is 3.96. The van der Waals surface area contributed by atoms with E-state index in [1.165, 1.54) is 25.7 Å². The highest BCUT2D eigenvalue weighted by molar-refractivity contribution is 14.1.